The summed E-state index contributed by atoms with van der Waals surface area (Å²) < 4.78 is 38.0. The minimum Gasteiger partial charge on any atom is -0.493 e. The summed E-state index contributed by atoms with van der Waals surface area (Å²) in [6.07, 6.45) is 0. The van der Waals surface area contributed by atoms with Crippen molar-refractivity contribution in [1.82, 2.24) is 0 Å². The molecule has 0 radical (unpaired) electrons. The van der Waals surface area contributed by atoms with Crippen LogP contribution in [0.2, 0.25) is 0 Å². The summed E-state index contributed by atoms with van der Waals surface area (Å²) in [6.45, 7) is 3.32. The van der Waals surface area contributed by atoms with E-state index in [2.05, 4.69) is 4.72 Å². The monoisotopic (exact) mass is 365 g/mol. The van der Waals surface area contributed by atoms with Gasteiger partial charge in [-0.2, -0.15) is 0 Å². The minimum absolute atomic E-state index is 0.0630. The molecule has 2 aromatic carbocycles. The lowest BCUT2D eigenvalue weighted by molar-refractivity contribution is 0.0696. The van der Waals surface area contributed by atoms with Gasteiger partial charge in [0.15, 0.2) is 11.5 Å². The van der Waals surface area contributed by atoms with Crippen molar-refractivity contribution < 1.29 is 27.8 Å². The number of carbonyl (C=O) groups is 1. The van der Waals surface area contributed by atoms with Crippen LogP contribution in [0, 0.1) is 13.8 Å². The number of anilines is 1. The Kier molecular flexibility index (Phi) is 5.22. The molecular formula is C17H19NO6S. The maximum Gasteiger partial charge on any atom is 0.335 e. The zero-order chi connectivity index (χ0) is 18.8. The third kappa shape index (κ3) is 3.85. The summed E-state index contributed by atoms with van der Waals surface area (Å²) in [4.78, 5) is 11.1. The van der Waals surface area contributed by atoms with Crippen molar-refractivity contribution in [3.05, 3.63) is 47.0 Å². The lowest BCUT2D eigenvalue weighted by Gasteiger charge is -2.15. The molecule has 0 aromatic heterocycles. The first kappa shape index (κ1) is 18.6. The number of aromatic carboxylic acids is 1. The summed E-state index contributed by atoms with van der Waals surface area (Å²) in [5, 5.41) is 9.17. The predicted octanol–water partition coefficient (Wildman–Crippen LogP) is 2.82. The van der Waals surface area contributed by atoms with Crippen LogP contribution < -0.4 is 14.2 Å². The highest BCUT2D eigenvalue weighted by molar-refractivity contribution is 7.92. The Balaban J connectivity index is 2.46. The Labute approximate surface area is 146 Å². The molecular weight excluding hydrogens is 346 g/mol. The maximum absolute atomic E-state index is 12.6. The quantitative estimate of drug-likeness (QED) is 0.816. The second-order valence-electron chi connectivity index (χ2n) is 5.41. The second kappa shape index (κ2) is 7.02. The summed E-state index contributed by atoms with van der Waals surface area (Å²) in [6, 6.07) is 7.11. The summed E-state index contributed by atoms with van der Waals surface area (Å²) in [5.41, 5.74) is 1.36. The number of carboxylic acids is 1. The van der Waals surface area contributed by atoms with Crippen molar-refractivity contribution in [3.63, 3.8) is 0 Å². The lowest BCUT2D eigenvalue weighted by Crippen LogP contribution is -2.15. The van der Waals surface area contributed by atoms with Gasteiger partial charge in [-0.25, -0.2) is 13.2 Å². The van der Waals surface area contributed by atoms with Crippen LogP contribution in [0.1, 0.15) is 21.5 Å². The molecule has 0 spiro atoms. The van der Waals surface area contributed by atoms with Gasteiger partial charge in [-0.15, -0.1) is 0 Å². The average Bonchev–Trinajstić information content (AvgIpc) is 2.56. The summed E-state index contributed by atoms with van der Waals surface area (Å²) in [5.74, 6) is -0.329. The van der Waals surface area contributed by atoms with Crippen LogP contribution in [0.3, 0.4) is 0 Å². The van der Waals surface area contributed by atoms with Gasteiger partial charge in [-0.3, -0.25) is 4.72 Å². The third-order valence-electron chi connectivity index (χ3n) is 3.72. The van der Waals surface area contributed by atoms with E-state index >= 15 is 0 Å². The number of ether oxygens (including phenoxy) is 2. The van der Waals surface area contributed by atoms with Crippen LogP contribution in [0.4, 0.5) is 5.69 Å². The number of hydrogen-bond donors (Lipinski definition) is 2. The largest absolute Gasteiger partial charge is 0.493 e. The molecule has 0 unspecified atom stereocenters. The number of hydrogen-bond acceptors (Lipinski definition) is 5. The zero-order valence-corrected chi connectivity index (χ0v) is 15.1. The molecule has 0 aliphatic carbocycles. The highest BCUT2D eigenvalue weighted by atomic mass is 32.2. The summed E-state index contributed by atoms with van der Waals surface area (Å²) >= 11 is 0. The Morgan fingerprint density at radius 3 is 2.16 bits per heavy atom. The van der Waals surface area contributed by atoms with E-state index in [1.54, 1.807) is 19.9 Å². The molecule has 2 rings (SSSR count). The molecule has 0 atom stereocenters. The molecule has 0 saturated carbocycles. The molecule has 0 aliphatic heterocycles. The van der Waals surface area contributed by atoms with E-state index in [0.29, 0.717) is 28.3 Å². The molecule has 0 fully saturated rings. The van der Waals surface area contributed by atoms with Gasteiger partial charge in [-0.05, 0) is 43.2 Å². The molecule has 0 saturated heterocycles. The van der Waals surface area contributed by atoms with Gasteiger partial charge in [0.2, 0.25) is 0 Å². The molecule has 0 aliphatic rings. The number of benzene rings is 2. The van der Waals surface area contributed by atoms with E-state index in [1.807, 2.05) is 0 Å². The molecule has 2 aromatic rings. The first-order valence-electron chi connectivity index (χ1n) is 7.29. The SMILES string of the molecule is COc1cc(C)c(NS(=O)(=O)c2ccc(C)c(C(=O)O)c2)cc1OC. The highest BCUT2D eigenvalue weighted by Gasteiger charge is 2.20. The van der Waals surface area contributed by atoms with E-state index in [0.717, 1.165) is 6.07 Å². The fourth-order valence-electron chi connectivity index (χ4n) is 2.29. The van der Waals surface area contributed by atoms with Crippen LogP contribution in [-0.2, 0) is 10.0 Å². The Hall–Kier alpha value is -2.74. The zero-order valence-electron chi connectivity index (χ0n) is 14.3. The Bertz CT molecular complexity index is 921. The predicted molar refractivity (Wildman–Crippen MR) is 93.2 cm³/mol. The number of sulfonamides is 1. The van der Waals surface area contributed by atoms with Gasteiger partial charge < -0.3 is 14.6 Å². The smallest absolute Gasteiger partial charge is 0.335 e. The van der Waals surface area contributed by atoms with Gasteiger partial charge in [0.25, 0.3) is 10.0 Å². The van der Waals surface area contributed by atoms with Gasteiger partial charge in [0.1, 0.15) is 0 Å². The van der Waals surface area contributed by atoms with Crippen LogP contribution in [0.15, 0.2) is 35.2 Å². The van der Waals surface area contributed by atoms with Gasteiger partial charge >= 0.3 is 5.97 Å². The van der Waals surface area contributed by atoms with Crippen LogP contribution >= 0.6 is 0 Å². The summed E-state index contributed by atoms with van der Waals surface area (Å²) in [7, 11) is -1.03. The van der Waals surface area contributed by atoms with Crippen molar-refractivity contribution in [2.75, 3.05) is 18.9 Å². The van der Waals surface area contributed by atoms with Crippen LogP contribution in [-0.4, -0.2) is 33.7 Å². The third-order valence-corrected chi connectivity index (χ3v) is 5.09. The van der Waals surface area contributed by atoms with E-state index in [-0.39, 0.29) is 10.5 Å². The van der Waals surface area contributed by atoms with Gasteiger partial charge in [0, 0.05) is 6.07 Å². The van der Waals surface area contributed by atoms with E-state index in [4.69, 9.17) is 9.47 Å². The molecule has 25 heavy (non-hydrogen) atoms. The minimum atomic E-state index is -3.96. The topological polar surface area (TPSA) is 102 Å². The number of carboxylic acid groups (broad SMARTS) is 1. The van der Waals surface area contributed by atoms with Gasteiger partial charge in [0.05, 0.1) is 30.4 Å². The van der Waals surface area contributed by atoms with Gasteiger partial charge in [-0.1, -0.05) is 6.07 Å². The second-order valence-corrected chi connectivity index (χ2v) is 7.09. The fraction of sp³-hybridized carbons (Fsp3) is 0.235. The molecule has 7 nitrogen and oxygen atoms in total. The fourth-order valence-corrected chi connectivity index (χ4v) is 3.44. The van der Waals surface area contributed by atoms with Crippen LogP contribution in [0.5, 0.6) is 11.5 Å². The van der Waals surface area contributed by atoms with Crippen LogP contribution in [0.25, 0.3) is 0 Å². The van der Waals surface area contributed by atoms with Crippen molar-refractivity contribution in [2.24, 2.45) is 0 Å². The first-order chi connectivity index (χ1) is 11.7. The normalized spacial score (nSPS) is 11.0. The first-order valence-corrected chi connectivity index (χ1v) is 8.77. The standard InChI is InChI=1S/C17H19NO6S/c1-10-5-6-12(8-13(10)17(19)20)25(21,22)18-14-9-16(24-4)15(23-3)7-11(14)2/h5-9,18H,1-4H3,(H,19,20). The average molecular weight is 365 g/mol. The van der Waals surface area contributed by atoms with Crippen molar-refractivity contribution in [1.29, 1.82) is 0 Å². The lowest BCUT2D eigenvalue weighted by atomic mass is 10.1. The molecule has 0 amide bonds. The Morgan fingerprint density at radius 1 is 1.00 bits per heavy atom. The van der Waals surface area contributed by atoms with Crippen molar-refractivity contribution in [2.45, 2.75) is 18.7 Å². The molecule has 0 heterocycles. The molecule has 134 valence electrons. The number of methoxy groups -OCH3 is 2. The number of nitrogens with one attached hydrogen (secondary N) is 1. The van der Waals surface area contributed by atoms with Crippen molar-refractivity contribution in [3.8, 4) is 11.5 Å². The Morgan fingerprint density at radius 2 is 1.60 bits per heavy atom. The number of rotatable bonds is 6. The van der Waals surface area contributed by atoms with E-state index < -0.39 is 16.0 Å². The van der Waals surface area contributed by atoms with Crippen molar-refractivity contribution >= 4 is 21.7 Å². The molecule has 8 heteroatoms. The molecule has 0 bridgehead atoms. The molecule has 2 N–H and O–H groups in total. The van der Waals surface area contributed by atoms with E-state index in [1.165, 1.54) is 32.4 Å². The van der Waals surface area contributed by atoms with E-state index in [9.17, 15) is 18.3 Å². The number of aryl methyl sites for hydroxylation is 2. The maximum atomic E-state index is 12.6. The highest BCUT2D eigenvalue weighted by Crippen LogP contribution is 2.34.